The fraction of sp³-hybridized carbons (Fsp3) is 0.320. The quantitative estimate of drug-likeness (QED) is 0.553. The van der Waals surface area contributed by atoms with Crippen molar-refractivity contribution in [3.05, 3.63) is 59.1 Å². The van der Waals surface area contributed by atoms with Crippen molar-refractivity contribution in [3.8, 4) is 5.75 Å². The number of nitrogens with zero attached hydrogens (tertiary/aromatic N) is 2. The van der Waals surface area contributed by atoms with Crippen LogP contribution >= 0.6 is 11.6 Å². The van der Waals surface area contributed by atoms with E-state index in [0.29, 0.717) is 36.0 Å². The van der Waals surface area contributed by atoms with Crippen LogP contribution in [0.4, 0.5) is 11.4 Å². The number of carbonyl (C=O) groups is 3. The minimum absolute atomic E-state index is 0.0967. The number of benzene rings is 2. The topological polar surface area (TPSA) is 79.0 Å². The second-order valence-corrected chi connectivity index (χ2v) is 7.97. The highest BCUT2D eigenvalue weighted by molar-refractivity contribution is 6.32. The molecular formula is C25H28ClN3O4. The highest BCUT2D eigenvalue weighted by Crippen LogP contribution is 2.28. The highest BCUT2D eigenvalue weighted by Gasteiger charge is 2.21. The van der Waals surface area contributed by atoms with Crippen molar-refractivity contribution in [2.75, 3.05) is 36.5 Å². The number of carbonyl (C=O) groups excluding carboxylic acids is 3. The maximum absolute atomic E-state index is 12.3. The maximum atomic E-state index is 12.3. The Labute approximate surface area is 199 Å². The molecule has 3 amide bonds. The maximum Gasteiger partial charge on any atom is 0.260 e. The van der Waals surface area contributed by atoms with Gasteiger partial charge < -0.3 is 19.9 Å². The Morgan fingerprint density at radius 2 is 1.88 bits per heavy atom. The van der Waals surface area contributed by atoms with Gasteiger partial charge in [0.1, 0.15) is 5.75 Å². The monoisotopic (exact) mass is 469 g/mol. The summed E-state index contributed by atoms with van der Waals surface area (Å²) in [6.45, 7) is 5.70. The molecule has 3 rings (SSSR count). The van der Waals surface area contributed by atoms with Crippen molar-refractivity contribution in [2.45, 2.75) is 26.7 Å². The molecule has 0 spiro atoms. The molecule has 0 aromatic heterocycles. The van der Waals surface area contributed by atoms with Crippen LogP contribution in [0, 0.1) is 0 Å². The molecule has 1 heterocycles. The van der Waals surface area contributed by atoms with Crippen molar-refractivity contribution in [3.63, 3.8) is 0 Å². The van der Waals surface area contributed by atoms with E-state index in [2.05, 4.69) is 5.32 Å². The van der Waals surface area contributed by atoms with Crippen molar-refractivity contribution in [1.29, 1.82) is 0 Å². The van der Waals surface area contributed by atoms with Crippen molar-refractivity contribution < 1.29 is 19.1 Å². The number of amides is 3. The molecule has 7 nitrogen and oxygen atoms in total. The lowest BCUT2D eigenvalue weighted by atomic mass is 10.2. The Morgan fingerprint density at radius 1 is 1.15 bits per heavy atom. The first-order valence-corrected chi connectivity index (χ1v) is 11.4. The van der Waals surface area contributed by atoms with E-state index in [1.165, 1.54) is 6.08 Å². The van der Waals surface area contributed by atoms with Gasteiger partial charge in [0.05, 0.1) is 5.02 Å². The summed E-state index contributed by atoms with van der Waals surface area (Å²) in [7, 11) is 0. The smallest absolute Gasteiger partial charge is 0.260 e. The number of ether oxygens (including phenoxy) is 1. The summed E-state index contributed by atoms with van der Waals surface area (Å²) in [5.74, 6) is 0.0967. The third kappa shape index (κ3) is 6.58. The molecule has 0 saturated carbocycles. The summed E-state index contributed by atoms with van der Waals surface area (Å²) in [6.07, 6.45) is 4.60. The highest BCUT2D eigenvalue weighted by atomic mass is 35.5. The SMILES string of the molecule is CCN(CC)C(=O)COc1ccc(NC(=O)/C=C/c2ccc(N3CCCC3=O)cc2)cc1Cl. The predicted molar refractivity (Wildman–Crippen MR) is 131 cm³/mol. The van der Waals surface area contributed by atoms with Gasteiger partial charge in [-0.05, 0) is 62.2 Å². The molecule has 1 aliphatic heterocycles. The van der Waals surface area contributed by atoms with Gasteiger partial charge in [-0.3, -0.25) is 14.4 Å². The summed E-state index contributed by atoms with van der Waals surface area (Å²) in [5.41, 5.74) is 2.23. The third-order valence-electron chi connectivity index (χ3n) is 5.37. The number of anilines is 2. The number of nitrogens with one attached hydrogen (secondary N) is 1. The van der Waals surface area contributed by atoms with Gasteiger partial charge in [0.2, 0.25) is 11.8 Å². The zero-order valence-corrected chi connectivity index (χ0v) is 19.6. The molecule has 0 radical (unpaired) electrons. The van der Waals surface area contributed by atoms with Crippen molar-refractivity contribution in [2.24, 2.45) is 0 Å². The molecule has 0 bridgehead atoms. The van der Waals surface area contributed by atoms with Gasteiger partial charge in [-0.15, -0.1) is 0 Å². The van der Waals surface area contributed by atoms with E-state index in [1.807, 2.05) is 38.1 Å². The standard InChI is InChI=1S/C25H28ClN3O4/c1-3-28(4-2)25(32)17-33-22-13-10-19(16-21(22)26)27-23(30)14-9-18-7-11-20(12-8-18)29-15-5-6-24(29)31/h7-14,16H,3-6,15,17H2,1-2H3,(H,27,30)/b14-9+. The van der Waals surface area contributed by atoms with Crippen LogP contribution in [0.2, 0.25) is 5.02 Å². The van der Waals surface area contributed by atoms with E-state index in [1.54, 1.807) is 34.1 Å². The molecule has 1 fully saturated rings. The molecule has 0 atom stereocenters. The summed E-state index contributed by atoms with van der Waals surface area (Å²) in [5, 5.41) is 3.05. The number of hydrogen-bond donors (Lipinski definition) is 1. The lowest BCUT2D eigenvalue weighted by molar-refractivity contribution is -0.133. The summed E-state index contributed by atoms with van der Waals surface area (Å²) < 4.78 is 5.53. The summed E-state index contributed by atoms with van der Waals surface area (Å²) in [6, 6.07) is 12.4. The first-order valence-electron chi connectivity index (χ1n) is 11.0. The molecule has 2 aromatic carbocycles. The predicted octanol–water partition coefficient (Wildman–Crippen LogP) is 4.37. The minimum Gasteiger partial charge on any atom is -0.482 e. The molecule has 1 aliphatic rings. The molecule has 8 heteroatoms. The van der Waals surface area contributed by atoms with Crippen LogP contribution in [0.15, 0.2) is 48.5 Å². The Hall–Kier alpha value is -3.32. The van der Waals surface area contributed by atoms with Gasteiger partial charge in [0, 0.05) is 43.5 Å². The molecule has 1 saturated heterocycles. The fourth-order valence-corrected chi connectivity index (χ4v) is 3.78. The average Bonchev–Trinajstić information content (AvgIpc) is 3.24. The van der Waals surface area contributed by atoms with Gasteiger partial charge in [0.25, 0.3) is 5.91 Å². The summed E-state index contributed by atoms with van der Waals surface area (Å²) >= 11 is 6.25. The molecule has 33 heavy (non-hydrogen) atoms. The fourth-order valence-electron chi connectivity index (χ4n) is 3.55. The lowest BCUT2D eigenvalue weighted by Crippen LogP contribution is -2.34. The first-order chi connectivity index (χ1) is 15.9. The van der Waals surface area contributed by atoms with Gasteiger partial charge in [-0.1, -0.05) is 23.7 Å². The molecule has 2 aromatic rings. The first kappa shape index (κ1) is 24.3. The lowest BCUT2D eigenvalue weighted by Gasteiger charge is -2.19. The largest absolute Gasteiger partial charge is 0.482 e. The number of likely N-dealkylation sites (N-methyl/N-ethyl adjacent to an activating group) is 1. The van der Waals surface area contributed by atoms with Crippen LogP contribution < -0.4 is 15.0 Å². The Kier molecular flexibility index (Phi) is 8.49. The van der Waals surface area contributed by atoms with Crippen LogP contribution in [0.5, 0.6) is 5.75 Å². The molecular weight excluding hydrogens is 442 g/mol. The van der Waals surface area contributed by atoms with Gasteiger partial charge >= 0.3 is 0 Å². The molecule has 174 valence electrons. The second-order valence-electron chi connectivity index (χ2n) is 7.56. The van der Waals surface area contributed by atoms with Crippen LogP contribution in [0.25, 0.3) is 6.08 Å². The third-order valence-corrected chi connectivity index (χ3v) is 5.67. The number of hydrogen-bond acceptors (Lipinski definition) is 4. The van der Waals surface area contributed by atoms with Crippen LogP contribution in [-0.2, 0) is 14.4 Å². The Morgan fingerprint density at radius 3 is 2.48 bits per heavy atom. The minimum atomic E-state index is -0.310. The second kappa shape index (κ2) is 11.5. The van der Waals surface area contributed by atoms with E-state index < -0.39 is 0 Å². The van der Waals surface area contributed by atoms with Crippen LogP contribution in [0.3, 0.4) is 0 Å². The van der Waals surface area contributed by atoms with E-state index in [0.717, 1.165) is 24.2 Å². The average molecular weight is 470 g/mol. The van der Waals surface area contributed by atoms with Crippen molar-refractivity contribution in [1.82, 2.24) is 4.90 Å². The van der Waals surface area contributed by atoms with E-state index >= 15 is 0 Å². The van der Waals surface area contributed by atoms with Gasteiger partial charge in [0.15, 0.2) is 6.61 Å². The van der Waals surface area contributed by atoms with E-state index in [9.17, 15) is 14.4 Å². The Balaban J connectivity index is 1.53. The number of halogens is 1. The zero-order chi connectivity index (χ0) is 23.8. The van der Waals surface area contributed by atoms with Crippen molar-refractivity contribution >= 4 is 46.8 Å². The summed E-state index contributed by atoms with van der Waals surface area (Å²) in [4.78, 5) is 39.6. The molecule has 0 unspecified atom stereocenters. The van der Waals surface area contributed by atoms with Gasteiger partial charge in [-0.2, -0.15) is 0 Å². The van der Waals surface area contributed by atoms with Crippen LogP contribution in [-0.4, -0.2) is 48.9 Å². The normalized spacial score (nSPS) is 13.4. The van der Waals surface area contributed by atoms with E-state index in [4.69, 9.17) is 16.3 Å². The van der Waals surface area contributed by atoms with Gasteiger partial charge in [-0.25, -0.2) is 0 Å². The van der Waals surface area contributed by atoms with E-state index in [-0.39, 0.29) is 24.3 Å². The van der Waals surface area contributed by atoms with Crippen LogP contribution in [0.1, 0.15) is 32.3 Å². The Bertz CT molecular complexity index is 1030. The molecule has 1 N–H and O–H groups in total. The number of rotatable bonds is 9. The zero-order valence-electron chi connectivity index (χ0n) is 18.8. The molecule has 0 aliphatic carbocycles.